The van der Waals surface area contributed by atoms with Gasteiger partial charge in [-0.2, -0.15) is 0 Å². The molecule has 57 heavy (non-hydrogen) atoms. The summed E-state index contributed by atoms with van der Waals surface area (Å²) >= 11 is 0. The lowest BCUT2D eigenvalue weighted by Gasteiger charge is -2.33. The molecule has 9 aromatic carbocycles. The molecule has 0 spiro atoms. The first-order valence-corrected chi connectivity index (χ1v) is 19.9. The van der Waals surface area contributed by atoms with E-state index < -0.39 is 0 Å². The van der Waals surface area contributed by atoms with E-state index in [1.54, 1.807) is 0 Å². The minimum absolute atomic E-state index is 0.0873. The Kier molecular flexibility index (Phi) is 7.74. The molecule has 2 unspecified atom stereocenters. The van der Waals surface area contributed by atoms with Crippen molar-refractivity contribution in [3.05, 3.63) is 216 Å². The van der Waals surface area contributed by atoms with Gasteiger partial charge in [0.25, 0.3) is 0 Å². The minimum atomic E-state index is -0.234. The number of hydrogen-bond acceptors (Lipinski definition) is 3. The van der Waals surface area contributed by atoms with Crippen molar-refractivity contribution in [2.75, 3.05) is 0 Å². The highest BCUT2D eigenvalue weighted by Crippen LogP contribution is 2.50. The molecule has 9 aromatic rings. The number of benzene rings is 9. The summed E-state index contributed by atoms with van der Waals surface area (Å²) in [6, 6.07) is 68.5. The predicted molar refractivity (Wildman–Crippen MR) is 239 cm³/mol. The molecule has 2 aliphatic rings. The van der Waals surface area contributed by atoms with Crippen LogP contribution < -0.4 is 10.6 Å². The second-order valence-corrected chi connectivity index (χ2v) is 16.0. The third-order valence-electron chi connectivity index (χ3n) is 12.3. The monoisotopic (exact) mass is 731 g/mol. The summed E-state index contributed by atoms with van der Waals surface area (Å²) in [6.07, 6.45) is -0.351. The van der Waals surface area contributed by atoms with E-state index >= 15 is 0 Å². The molecule has 2 atom stereocenters. The Morgan fingerprint density at radius 1 is 0.456 bits per heavy atom. The van der Waals surface area contributed by atoms with Crippen LogP contribution in [0.3, 0.4) is 0 Å². The van der Waals surface area contributed by atoms with Crippen molar-refractivity contribution in [1.82, 2.24) is 10.6 Å². The zero-order valence-corrected chi connectivity index (χ0v) is 32.0. The van der Waals surface area contributed by atoms with Gasteiger partial charge in [-0.05, 0) is 88.0 Å². The van der Waals surface area contributed by atoms with E-state index in [9.17, 15) is 0 Å². The van der Waals surface area contributed by atoms with Crippen molar-refractivity contribution in [3.8, 4) is 33.4 Å². The van der Waals surface area contributed by atoms with Crippen LogP contribution in [-0.2, 0) is 5.41 Å². The molecule has 0 aromatic heterocycles. The first-order chi connectivity index (χ1) is 28.0. The van der Waals surface area contributed by atoms with Crippen LogP contribution in [0, 0.1) is 0 Å². The van der Waals surface area contributed by atoms with Crippen LogP contribution in [0.1, 0.15) is 54.0 Å². The SMILES string of the molecule is CC1(C)c2ccccc2-c2ccc(C3N=C(c4ccc(-c5c6ccccc6c(-c6ccccc6)c6c5ccc5ccccc56)cc4)NC(c4ccccc4)N3)cc21. The van der Waals surface area contributed by atoms with E-state index in [0.717, 1.165) is 17.0 Å². The second kappa shape index (κ2) is 13.2. The number of hydrogen-bond donors (Lipinski definition) is 2. The molecule has 11 rings (SSSR count). The van der Waals surface area contributed by atoms with Crippen LogP contribution in [0.5, 0.6) is 0 Å². The first-order valence-electron chi connectivity index (χ1n) is 19.9. The molecule has 0 saturated heterocycles. The van der Waals surface area contributed by atoms with E-state index in [0.29, 0.717) is 0 Å². The highest BCUT2D eigenvalue weighted by atomic mass is 15.3. The Balaban J connectivity index is 1.05. The van der Waals surface area contributed by atoms with Gasteiger partial charge in [-0.15, -0.1) is 0 Å². The molecule has 0 bridgehead atoms. The van der Waals surface area contributed by atoms with Gasteiger partial charge in [0.15, 0.2) is 0 Å². The third kappa shape index (κ3) is 5.42. The van der Waals surface area contributed by atoms with Crippen LogP contribution in [0.4, 0.5) is 0 Å². The fourth-order valence-corrected chi connectivity index (χ4v) is 9.54. The topological polar surface area (TPSA) is 36.4 Å². The zero-order valence-electron chi connectivity index (χ0n) is 32.0. The number of nitrogens with one attached hydrogen (secondary N) is 2. The normalized spacial score (nSPS) is 16.9. The van der Waals surface area contributed by atoms with E-state index in [4.69, 9.17) is 4.99 Å². The van der Waals surface area contributed by atoms with Gasteiger partial charge in [0.1, 0.15) is 18.2 Å². The largest absolute Gasteiger partial charge is 0.350 e. The second-order valence-electron chi connectivity index (χ2n) is 16.0. The first kappa shape index (κ1) is 33.5. The van der Waals surface area contributed by atoms with Crippen molar-refractivity contribution in [2.24, 2.45) is 4.99 Å². The Morgan fingerprint density at radius 2 is 1.07 bits per heavy atom. The van der Waals surface area contributed by atoms with E-state index in [2.05, 4.69) is 213 Å². The Morgan fingerprint density at radius 3 is 1.86 bits per heavy atom. The molecule has 0 saturated carbocycles. The molecule has 2 N–H and O–H groups in total. The lowest BCUT2D eigenvalue weighted by Crippen LogP contribution is -2.45. The Bertz CT molecular complexity index is 3030. The van der Waals surface area contributed by atoms with Gasteiger partial charge in [0.2, 0.25) is 0 Å². The Labute approximate surface area is 333 Å². The van der Waals surface area contributed by atoms with Gasteiger partial charge >= 0.3 is 0 Å². The predicted octanol–water partition coefficient (Wildman–Crippen LogP) is 13.1. The average Bonchev–Trinajstić information content (AvgIpc) is 3.51. The van der Waals surface area contributed by atoms with E-state index in [1.807, 2.05) is 0 Å². The maximum absolute atomic E-state index is 5.40. The summed E-state index contributed by atoms with van der Waals surface area (Å²) < 4.78 is 0. The van der Waals surface area contributed by atoms with Gasteiger partial charge in [0.05, 0.1) is 0 Å². The molecule has 1 aliphatic carbocycles. The summed E-state index contributed by atoms with van der Waals surface area (Å²) in [6.45, 7) is 4.68. The molecule has 3 nitrogen and oxygen atoms in total. The molecule has 1 heterocycles. The molecule has 0 amide bonds. The maximum atomic E-state index is 5.40. The van der Waals surface area contributed by atoms with E-state index in [1.165, 1.54) is 82.4 Å². The van der Waals surface area contributed by atoms with E-state index in [-0.39, 0.29) is 17.7 Å². The molecule has 3 heteroatoms. The quantitative estimate of drug-likeness (QED) is 0.137. The number of amidine groups is 1. The van der Waals surface area contributed by atoms with Crippen LogP contribution in [0.25, 0.3) is 65.7 Å². The number of nitrogens with zero attached hydrogens (tertiary/aromatic N) is 1. The average molecular weight is 732 g/mol. The van der Waals surface area contributed by atoms with Gasteiger partial charge in [-0.25, -0.2) is 4.99 Å². The van der Waals surface area contributed by atoms with Crippen molar-refractivity contribution >= 4 is 38.2 Å². The fraction of sp³-hybridized carbons (Fsp3) is 0.0926. The number of fused-ring (bicyclic) bond motifs is 7. The molecule has 272 valence electrons. The lowest BCUT2D eigenvalue weighted by atomic mass is 9.82. The summed E-state index contributed by atoms with van der Waals surface area (Å²) in [5, 5.41) is 15.2. The Hall–Kier alpha value is -6.81. The smallest absolute Gasteiger partial charge is 0.131 e. The molecule has 0 fully saturated rings. The van der Waals surface area contributed by atoms with Gasteiger partial charge in [0, 0.05) is 11.0 Å². The van der Waals surface area contributed by atoms with Gasteiger partial charge in [-0.3, -0.25) is 5.32 Å². The highest BCUT2D eigenvalue weighted by Gasteiger charge is 2.36. The summed E-state index contributed by atoms with van der Waals surface area (Å²) in [7, 11) is 0. The molecular weight excluding hydrogens is 691 g/mol. The highest BCUT2D eigenvalue weighted by molar-refractivity contribution is 6.27. The lowest BCUT2D eigenvalue weighted by molar-refractivity contribution is 0.408. The third-order valence-corrected chi connectivity index (χ3v) is 12.3. The van der Waals surface area contributed by atoms with Crippen molar-refractivity contribution in [1.29, 1.82) is 0 Å². The number of aliphatic imine (C=N–C) groups is 1. The summed E-state index contributed by atoms with van der Waals surface area (Å²) in [5.74, 6) is 0.877. The van der Waals surface area contributed by atoms with Crippen LogP contribution >= 0.6 is 0 Å². The van der Waals surface area contributed by atoms with Crippen molar-refractivity contribution < 1.29 is 0 Å². The van der Waals surface area contributed by atoms with Crippen molar-refractivity contribution in [3.63, 3.8) is 0 Å². The molecule has 1 aliphatic heterocycles. The van der Waals surface area contributed by atoms with Crippen LogP contribution in [0.2, 0.25) is 0 Å². The number of rotatable bonds is 5. The standard InChI is InChI=1S/C54H41N3/c1-54(2)46-24-14-13-21-41(46)42-31-30-39(33-47(42)54)53-56-51(37-18-7-4-8-19-37)55-52(57-53)38-27-25-36(26-28-38)48-43-22-11-12-23-44(43)49(35-16-5-3-6-17-35)50-40-20-10-9-15-34(40)29-32-45(48)50/h3-33,51,53,56H,1-2H3,(H,55,57). The van der Waals surface area contributed by atoms with Gasteiger partial charge in [-0.1, -0.05) is 202 Å². The van der Waals surface area contributed by atoms with Gasteiger partial charge < -0.3 is 5.32 Å². The zero-order chi connectivity index (χ0) is 38.1. The minimum Gasteiger partial charge on any atom is -0.350 e. The van der Waals surface area contributed by atoms with Crippen LogP contribution in [0.15, 0.2) is 193 Å². The maximum Gasteiger partial charge on any atom is 0.131 e. The van der Waals surface area contributed by atoms with Crippen LogP contribution in [-0.4, -0.2) is 5.84 Å². The summed E-state index contributed by atoms with van der Waals surface area (Å²) in [4.78, 5) is 5.40. The fourth-order valence-electron chi connectivity index (χ4n) is 9.54. The molecular formula is C54H41N3. The van der Waals surface area contributed by atoms with Crippen molar-refractivity contribution in [2.45, 2.75) is 31.6 Å². The molecule has 0 radical (unpaired) electrons. The summed E-state index contributed by atoms with van der Waals surface area (Å²) in [5.41, 5.74) is 13.6.